The zero-order valence-corrected chi connectivity index (χ0v) is 14.5. The standard InChI is InChI=1S/C17H20F2N6O/c1-12-2-7-25(22-12)15-14(8-20-11-21-15)23-5-3-13(4-6-23)16(26)24-9-17(18,19)10-24/h2,7-8,11,13H,3-6,9-10H2,1H3. The molecule has 0 unspecified atom stereocenters. The molecule has 2 saturated heterocycles. The SMILES string of the molecule is Cc1ccn(-c2ncncc2N2CCC(C(=O)N3CC(F)(F)C3)CC2)n1. The number of halogens is 2. The highest BCUT2D eigenvalue weighted by Crippen LogP contribution is 2.32. The molecule has 26 heavy (non-hydrogen) atoms. The summed E-state index contributed by atoms with van der Waals surface area (Å²) < 4.78 is 27.7. The number of aromatic nitrogens is 4. The molecule has 0 radical (unpaired) electrons. The molecule has 0 spiro atoms. The molecule has 0 saturated carbocycles. The summed E-state index contributed by atoms with van der Waals surface area (Å²) in [5.74, 6) is -2.36. The fourth-order valence-corrected chi connectivity index (χ4v) is 3.54. The van der Waals surface area contributed by atoms with Crippen LogP contribution < -0.4 is 4.90 Å². The van der Waals surface area contributed by atoms with Crippen LogP contribution in [0.1, 0.15) is 18.5 Å². The van der Waals surface area contributed by atoms with E-state index < -0.39 is 19.0 Å². The fraction of sp³-hybridized carbons (Fsp3) is 0.529. The van der Waals surface area contributed by atoms with Crippen molar-refractivity contribution < 1.29 is 13.6 Å². The summed E-state index contributed by atoms with van der Waals surface area (Å²) in [4.78, 5) is 24.2. The smallest absolute Gasteiger partial charge is 0.282 e. The van der Waals surface area contributed by atoms with Crippen LogP contribution in [0.25, 0.3) is 5.82 Å². The first-order valence-electron chi connectivity index (χ1n) is 8.67. The summed E-state index contributed by atoms with van der Waals surface area (Å²) >= 11 is 0. The largest absolute Gasteiger partial charge is 0.367 e. The van der Waals surface area contributed by atoms with Gasteiger partial charge in [0.25, 0.3) is 5.92 Å². The van der Waals surface area contributed by atoms with E-state index in [0.29, 0.717) is 31.7 Å². The predicted molar refractivity (Wildman–Crippen MR) is 90.4 cm³/mol. The number of rotatable bonds is 3. The molecule has 2 fully saturated rings. The van der Waals surface area contributed by atoms with Gasteiger partial charge in [-0.1, -0.05) is 0 Å². The molecule has 0 aromatic carbocycles. The molecule has 9 heteroatoms. The van der Waals surface area contributed by atoms with Crippen molar-refractivity contribution in [1.29, 1.82) is 0 Å². The summed E-state index contributed by atoms with van der Waals surface area (Å²) in [7, 11) is 0. The number of nitrogens with zero attached hydrogens (tertiary/aromatic N) is 6. The number of aryl methyl sites for hydroxylation is 1. The maximum atomic E-state index is 13.0. The second-order valence-electron chi connectivity index (χ2n) is 6.94. The lowest BCUT2D eigenvalue weighted by atomic mass is 9.93. The lowest BCUT2D eigenvalue weighted by Gasteiger charge is -2.42. The maximum Gasteiger partial charge on any atom is 0.282 e. The zero-order chi connectivity index (χ0) is 18.3. The molecule has 4 rings (SSSR count). The number of anilines is 1. The predicted octanol–water partition coefficient (Wildman–Crippen LogP) is 1.66. The Morgan fingerprint density at radius 1 is 1.27 bits per heavy atom. The van der Waals surface area contributed by atoms with E-state index in [-0.39, 0.29) is 11.8 Å². The number of likely N-dealkylation sites (tertiary alicyclic amines) is 1. The van der Waals surface area contributed by atoms with Gasteiger partial charge >= 0.3 is 0 Å². The molecule has 2 aliphatic rings. The Bertz CT molecular complexity index is 807. The van der Waals surface area contributed by atoms with E-state index in [4.69, 9.17) is 0 Å². The van der Waals surface area contributed by atoms with Crippen molar-refractivity contribution in [2.24, 2.45) is 5.92 Å². The van der Waals surface area contributed by atoms with Crippen LogP contribution in [0.3, 0.4) is 0 Å². The Morgan fingerprint density at radius 2 is 2.00 bits per heavy atom. The molecule has 0 bridgehead atoms. The Hall–Kier alpha value is -2.58. The van der Waals surface area contributed by atoms with Gasteiger partial charge in [-0.2, -0.15) is 5.10 Å². The second-order valence-corrected chi connectivity index (χ2v) is 6.94. The molecule has 2 aromatic heterocycles. The first-order valence-corrected chi connectivity index (χ1v) is 8.67. The molecule has 0 N–H and O–H groups in total. The number of hydrogen-bond donors (Lipinski definition) is 0. The van der Waals surface area contributed by atoms with E-state index in [9.17, 15) is 13.6 Å². The topological polar surface area (TPSA) is 67.2 Å². The first kappa shape index (κ1) is 16.9. The highest BCUT2D eigenvalue weighted by Gasteiger charge is 2.47. The summed E-state index contributed by atoms with van der Waals surface area (Å²) in [6.07, 6.45) is 6.34. The van der Waals surface area contributed by atoms with Crippen molar-refractivity contribution in [3.05, 3.63) is 30.5 Å². The Morgan fingerprint density at radius 3 is 2.62 bits per heavy atom. The lowest BCUT2D eigenvalue weighted by Crippen LogP contribution is -2.60. The average Bonchev–Trinajstić information content (AvgIpc) is 3.05. The molecule has 4 heterocycles. The molecule has 7 nitrogen and oxygen atoms in total. The Kier molecular flexibility index (Phi) is 4.08. The normalized spacial score (nSPS) is 20.1. The van der Waals surface area contributed by atoms with Gasteiger partial charge in [-0.05, 0) is 25.8 Å². The van der Waals surface area contributed by atoms with E-state index >= 15 is 0 Å². The van der Waals surface area contributed by atoms with E-state index in [1.807, 2.05) is 19.2 Å². The average molecular weight is 362 g/mol. The molecule has 138 valence electrons. The fourth-order valence-electron chi connectivity index (χ4n) is 3.54. The van der Waals surface area contributed by atoms with Gasteiger partial charge in [0.1, 0.15) is 12.0 Å². The van der Waals surface area contributed by atoms with Crippen LogP contribution in [0.4, 0.5) is 14.5 Å². The molecule has 2 aliphatic heterocycles. The van der Waals surface area contributed by atoms with Crippen LogP contribution >= 0.6 is 0 Å². The van der Waals surface area contributed by atoms with Crippen molar-refractivity contribution >= 4 is 11.6 Å². The van der Waals surface area contributed by atoms with Crippen LogP contribution in [-0.4, -0.2) is 62.7 Å². The quantitative estimate of drug-likeness (QED) is 0.831. The van der Waals surface area contributed by atoms with E-state index in [1.54, 1.807) is 10.9 Å². The summed E-state index contributed by atoms with van der Waals surface area (Å²) in [6, 6.07) is 1.90. The number of hydrogen-bond acceptors (Lipinski definition) is 5. The summed E-state index contributed by atoms with van der Waals surface area (Å²) in [5, 5.41) is 4.40. The van der Waals surface area contributed by atoms with Gasteiger partial charge in [-0.25, -0.2) is 23.4 Å². The van der Waals surface area contributed by atoms with Gasteiger partial charge in [0.05, 0.1) is 25.0 Å². The van der Waals surface area contributed by atoms with Crippen LogP contribution in [0.2, 0.25) is 0 Å². The van der Waals surface area contributed by atoms with Gasteiger partial charge in [0, 0.05) is 25.2 Å². The molecular formula is C17H20F2N6O. The third-order valence-corrected chi connectivity index (χ3v) is 4.95. The van der Waals surface area contributed by atoms with Crippen LogP contribution in [0.5, 0.6) is 0 Å². The minimum Gasteiger partial charge on any atom is -0.367 e. The van der Waals surface area contributed by atoms with Crippen LogP contribution in [0.15, 0.2) is 24.8 Å². The molecule has 2 aromatic rings. The minimum absolute atomic E-state index is 0.150. The Balaban J connectivity index is 1.43. The van der Waals surface area contributed by atoms with Crippen LogP contribution in [-0.2, 0) is 4.79 Å². The van der Waals surface area contributed by atoms with E-state index in [1.165, 1.54) is 11.2 Å². The van der Waals surface area contributed by atoms with Crippen molar-refractivity contribution in [1.82, 2.24) is 24.6 Å². The Labute approximate surface area is 149 Å². The third-order valence-electron chi connectivity index (χ3n) is 4.95. The third kappa shape index (κ3) is 3.13. The molecule has 0 aliphatic carbocycles. The van der Waals surface area contributed by atoms with Gasteiger partial charge in [-0.3, -0.25) is 4.79 Å². The highest BCUT2D eigenvalue weighted by atomic mass is 19.3. The van der Waals surface area contributed by atoms with Gasteiger partial charge in [0.15, 0.2) is 5.82 Å². The van der Waals surface area contributed by atoms with Crippen molar-refractivity contribution in [2.45, 2.75) is 25.7 Å². The van der Waals surface area contributed by atoms with E-state index in [2.05, 4.69) is 20.0 Å². The van der Waals surface area contributed by atoms with Crippen molar-refractivity contribution in [2.75, 3.05) is 31.1 Å². The number of alkyl halides is 2. The minimum atomic E-state index is -2.71. The van der Waals surface area contributed by atoms with Gasteiger partial charge < -0.3 is 9.80 Å². The van der Waals surface area contributed by atoms with Crippen LogP contribution in [0, 0.1) is 12.8 Å². The summed E-state index contributed by atoms with van der Waals surface area (Å²) in [5.41, 5.74) is 1.75. The van der Waals surface area contributed by atoms with Gasteiger partial charge in [0.2, 0.25) is 5.91 Å². The molecule has 1 amide bonds. The maximum absolute atomic E-state index is 13.0. The number of piperidine rings is 1. The lowest BCUT2D eigenvalue weighted by molar-refractivity contribution is -0.170. The number of carbonyl (C=O) groups excluding carboxylic acids is 1. The molecular weight excluding hydrogens is 342 g/mol. The second kappa shape index (κ2) is 6.30. The first-order chi connectivity index (χ1) is 12.4. The zero-order valence-electron chi connectivity index (χ0n) is 14.5. The summed E-state index contributed by atoms with van der Waals surface area (Å²) in [6.45, 7) is 2.33. The van der Waals surface area contributed by atoms with E-state index in [0.717, 1.165) is 11.4 Å². The molecule has 0 atom stereocenters. The number of amides is 1. The number of carbonyl (C=O) groups is 1. The van der Waals surface area contributed by atoms with Crippen molar-refractivity contribution in [3.8, 4) is 5.82 Å². The van der Waals surface area contributed by atoms with Crippen molar-refractivity contribution in [3.63, 3.8) is 0 Å². The van der Waals surface area contributed by atoms with Gasteiger partial charge in [-0.15, -0.1) is 0 Å². The highest BCUT2D eigenvalue weighted by molar-refractivity contribution is 5.80. The monoisotopic (exact) mass is 362 g/mol.